The highest BCUT2D eigenvalue weighted by Gasteiger charge is 2.34. The number of benzene rings is 1. The van der Waals surface area contributed by atoms with Crippen LogP contribution in [0.25, 0.3) is 0 Å². The standard InChI is InChI=1S/C24H29ClN2O3S2/c1-24(2,3)15-10-11-16-18(13-15)32-21(20(16)22(29)30-4)27-23(31)26-19(28)12-9-14-7-5-6-8-17(14)25/h5-8,15H,9-13H2,1-4H3,(H2,26,27,28,31). The van der Waals surface area contributed by atoms with E-state index >= 15 is 0 Å². The van der Waals surface area contributed by atoms with E-state index in [4.69, 9.17) is 28.6 Å². The van der Waals surface area contributed by atoms with Crippen LogP contribution < -0.4 is 10.6 Å². The number of thiocarbonyl (C=S) groups is 1. The van der Waals surface area contributed by atoms with Crippen LogP contribution in [0.2, 0.25) is 5.02 Å². The lowest BCUT2D eigenvalue weighted by molar-refractivity contribution is -0.119. The first-order chi connectivity index (χ1) is 15.1. The number of hydrogen-bond acceptors (Lipinski definition) is 5. The van der Waals surface area contributed by atoms with Crippen molar-refractivity contribution in [2.45, 2.75) is 52.9 Å². The highest BCUT2D eigenvalue weighted by molar-refractivity contribution is 7.80. The van der Waals surface area contributed by atoms with Crippen LogP contribution in [0.4, 0.5) is 5.00 Å². The lowest BCUT2D eigenvalue weighted by Gasteiger charge is -2.33. The monoisotopic (exact) mass is 492 g/mol. The molecule has 2 N–H and O–H groups in total. The fourth-order valence-electron chi connectivity index (χ4n) is 4.00. The van der Waals surface area contributed by atoms with Gasteiger partial charge in [0.2, 0.25) is 5.91 Å². The Morgan fingerprint density at radius 2 is 2.00 bits per heavy atom. The summed E-state index contributed by atoms with van der Waals surface area (Å²) in [5.74, 6) is -0.0494. The molecule has 1 aromatic heterocycles. The van der Waals surface area contributed by atoms with Crippen molar-refractivity contribution < 1.29 is 14.3 Å². The second kappa shape index (κ2) is 10.3. The Balaban J connectivity index is 1.69. The number of ether oxygens (including phenoxy) is 1. The van der Waals surface area contributed by atoms with Crippen LogP contribution in [0, 0.1) is 11.3 Å². The zero-order valence-electron chi connectivity index (χ0n) is 18.8. The van der Waals surface area contributed by atoms with Crippen molar-refractivity contribution >= 4 is 57.1 Å². The lowest BCUT2D eigenvalue weighted by Crippen LogP contribution is -2.34. The van der Waals surface area contributed by atoms with E-state index in [2.05, 4.69) is 31.4 Å². The Hall–Kier alpha value is -1.96. The molecule has 1 heterocycles. The molecule has 2 aromatic rings. The van der Waals surface area contributed by atoms with Gasteiger partial charge in [-0.25, -0.2) is 4.79 Å². The van der Waals surface area contributed by atoms with Crippen LogP contribution in [0.1, 0.15) is 60.0 Å². The number of methoxy groups -OCH3 is 1. The fourth-order valence-corrected chi connectivity index (χ4v) is 5.83. The molecule has 1 atom stereocenters. The molecule has 1 aliphatic carbocycles. The molecule has 32 heavy (non-hydrogen) atoms. The van der Waals surface area contributed by atoms with Gasteiger partial charge in [0.05, 0.1) is 12.7 Å². The molecule has 0 spiro atoms. The third-order valence-electron chi connectivity index (χ3n) is 5.94. The highest BCUT2D eigenvalue weighted by Crippen LogP contribution is 2.44. The van der Waals surface area contributed by atoms with Crippen molar-refractivity contribution in [3.8, 4) is 0 Å². The molecular formula is C24H29ClN2O3S2. The minimum Gasteiger partial charge on any atom is -0.465 e. The quantitative estimate of drug-likeness (QED) is 0.408. The van der Waals surface area contributed by atoms with Crippen molar-refractivity contribution in [2.75, 3.05) is 12.4 Å². The summed E-state index contributed by atoms with van der Waals surface area (Å²) in [5, 5.41) is 7.22. The molecule has 0 radical (unpaired) electrons. The number of nitrogens with one attached hydrogen (secondary N) is 2. The number of aryl methyl sites for hydroxylation is 1. The number of halogens is 1. The smallest absolute Gasteiger partial charge is 0.341 e. The zero-order chi connectivity index (χ0) is 23.5. The number of carbonyl (C=O) groups excluding carboxylic acids is 2. The first-order valence-corrected chi connectivity index (χ1v) is 12.3. The third kappa shape index (κ3) is 5.88. The van der Waals surface area contributed by atoms with Gasteiger partial charge in [-0.1, -0.05) is 50.6 Å². The van der Waals surface area contributed by atoms with Gasteiger partial charge in [0.15, 0.2) is 5.11 Å². The van der Waals surface area contributed by atoms with Crippen molar-refractivity contribution in [3.63, 3.8) is 0 Å². The van der Waals surface area contributed by atoms with Crippen LogP contribution in [0.5, 0.6) is 0 Å². The summed E-state index contributed by atoms with van der Waals surface area (Å²) in [6.07, 6.45) is 3.55. The molecule has 0 bridgehead atoms. The Bertz CT molecular complexity index is 1030. The van der Waals surface area contributed by atoms with Crippen LogP contribution in [0.3, 0.4) is 0 Å². The summed E-state index contributed by atoms with van der Waals surface area (Å²) in [6, 6.07) is 7.45. The molecule has 172 valence electrons. The van der Waals surface area contributed by atoms with Gasteiger partial charge in [0, 0.05) is 16.3 Å². The number of fused-ring (bicyclic) bond motifs is 1. The number of anilines is 1. The average molecular weight is 493 g/mol. The maximum atomic E-state index is 12.5. The second-order valence-electron chi connectivity index (χ2n) is 9.10. The maximum Gasteiger partial charge on any atom is 0.341 e. The van der Waals surface area contributed by atoms with Gasteiger partial charge < -0.3 is 15.4 Å². The average Bonchev–Trinajstić information content (AvgIpc) is 3.08. The summed E-state index contributed by atoms with van der Waals surface area (Å²) >= 11 is 13.0. The number of thiophene rings is 1. The van der Waals surface area contributed by atoms with Gasteiger partial charge in [-0.15, -0.1) is 11.3 Å². The minimum atomic E-state index is -0.382. The summed E-state index contributed by atoms with van der Waals surface area (Å²) in [5.41, 5.74) is 2.69. The maximum absolute atomic E-state index is 12.5. The number of rotatable bonds is 5. The van der Waals surface area contributed by atoms with Crippen molar-refractivity contribution in [1.29, 1.82) is 0 Å². The molecule has 1 amide bonds. The van der Waals surface area contributed by atoms with E-state index in [9.17, 15) is 9.59 Å². The predicted octanol–water partition coefficient (Wildman–Crippen LogP) is 5.78. The van der Waals surface area contributed by atoms with Gasteiger partial charge in [-0.05, 0) is 66.4 Å². The second-order valence-corrected chi connectivity index (χ2v) is 11.0. The SMILES string of the molecule is COC(=O)c1c(NC(=S)NC(=O)CCc2ccccc2Cl)sc2c1CCC(C(C)(C)C)C2. The molecule has 0 saturated heterocycles. The van der Waals surface area contributed by atoms with E-state index < -0.39 is 0 Å². The molecule has 0 fully saturated rings. The molecule has 0 saturated carbocycles. The molecule has 1 aliphatic rings. The summed E-state index contributed by atoms with van der Waals surface area (Å²) in [4.78, 5) is 26.1. The van der Waals surface area contributed by atoms with Crippen molar-refractivity contribution in [2.24, 2.45) is 11.3 Å². The van der Waals surface area contributed by atoms with E-state index in [1.54, 1.807) is 6.07 Å². The summed E-state index contributed by atoms with van der Waals surface area (Å²) < 4.78 is 5.04. The summed E-state index contributed by atoms with van der Waals surface area (Å²) in [7, 11) is 1.38. The van der Waals surface area contributed by atoms with E-state index in [-0.39, 0.29) is 28.8 Å². The predicted molar refractivity (Wildman–Crippen MR) is 135 cm³/mol. The molecule has 0 aliphatic heterocycles. The number of carbonyl (C=O) groups is 2. The summed E-state index contributed by atoms with van der Waals surface area (Å²) in [6.45, 7) is 6.76. The zero-order valence-corrected chi connectivity index (χ0v) is 21.2. The Morgan fingerprint density at radius 3 is 2.66 bits per heavy atom. The molecule has 3 rings (SSSR count). The lowest BCUT2D eigenvalue weighted by atomic mass is 9.72. The van der Waals surface area contributed by atoms with E-state index in [0.29, 0.717) is 27.9 Å². The Morgan fingerprint density at radius 1 is 1.28 bits per heavy atom. The van der Waals surface area contributed by atoms with Gasteiger partial charge in [0.25, 0.3) is 0 Å². The third-order valence-corrected chi connectivity index (χ3v) is 7.68. The van der Waals surface area contributed by atoms with E-state index in [1.807, 2.05) is 18.2 Å². The first-order valence-electron chi connectivity index (χ1n) is 10.7. The molecule has 5 nitrogen and oxygen atoms in total. The van der Waals surface area contributed by atoms with Crippen LogP contribution in [-0.2, 0) is 28.8 Å². The van der Waals surface area contributed by atoms with Gasteiger partial charge in [-0.2, -0.15) is 0 Å². The van der Waals surface area contributed by atoms with Crippen LogP contribution >= 0.6 is 35.2 Å². The van der Waals surface area contributed by atoms with E-state index in [0.717, 1.165) is 30.4 Å². The van der Waals surface area contributed by atoms with Crippen molar-refractivity contribution in [3.05, 3.63) is 50.9 Å². The molecular weight excluding hydrogens is 464 g/mol. The molecule has 1 aromatic carbocycles. The number of esters is 1. The topological polar surface area (TPSA) is 67.4 Å². The van der Waals surface area contributed by atoms with Crippen LogP contribution in [0.15, 0.2) is 24.3 Å². The van der Waals surface area contributed by atoms with Gasteiger partial charge in [0.1, 0.15) is 5.00 Å². The number of amides is 1. The molecule has 1 unspecified atom stereocenters. The van der Waals surface area contributed by atoms with Gasteiger partial charge >= 0.3 is 5.97 Å². The normalized spacial score (nSPS) is 15.6. The van der Waals surface area contributed by atoms with Crippen LogP contribution in [-0.4, -0.2) is 24.1 Å². The fraction of sp³-hybridized carbons (Fsp3) is 0.458. The van der Waals surface area contributed by atoms with Crippen molar-refractivity contribution in [1.82, 2.24) is 5.32 Å². The van der Waals surface area contributed by atoms with Gasteiger partial charge in [-0.3, -0.25) is 4.79 Å². The first kappa shape index (κ1) is 24.7. The largest absolute Gasteiger partial charge is 0.465 e. The van der Waals surface area contributed by atoms with E-state index in [1.165, 1.54) is 23.3 Å². The molecule has 8 heteroatoms. The highest BCUT2D eigenvalue weighted by atomic mass is 35.5. The minimum absolute atomic E-state index is 0.172. The Kier molecular flexibility index (Phi) is 7.96. The Labute approximate surface area is 203 Å². The number of hydrogen-bond donors (Lipinski definition) is 2.